The van der Waals surface area contributed by atoms with Gasteiger partial charge in [-0.25, -0.2) is 0 Å². The van der Waals surface area contributed by atoms with Crippen LogP contribution >= 0.6 is 0 Å². The van der Waals surface area contributed by atoms with Gasteiger partial charge in [0.1, 0.15) is 12.2 Å². The summed E-state index contributed by atoms with van der Waals surface area (Å²) in [7, 11) is 0. The van der Waals surface area contributed by atoms with Gasteiger partial charge in [0.2, 0.25) is 0 Å². The summed E-state index contributed by atoms with van der Waals surface area (Å²) in [6.07, 6.45) is 4.72. The van der Waals surface area contributed by atoms with Crippen LogP contribution in [-0.4, -0.2) is 23.4 Å². The zero-order valence-electron chi connectivity index (χ0n) is 6.58. The van der Waals surface area contributed by atoms with Crippen molar-refractivity contribution in [3.8, 4) is 12.3 Å². The van der Waals surface area contributed by atoms with Crippen molar-refractivity contribution >= 4 is 0 Å². The zero-order valence-corrected chi connectivity index (χ0v) is 6.58. The second kappa shape index (κ2) is 3.08. The standard InChI is InChI=1S/C9H12O2/c1-4-8-9(10)6(2)5-7(3)11-8/h1,7-10H,2,5H2,3H3. The van der Waals surface area contributed by atoms with Crippen LogP contribution in [0.25, 0.3) is 0 Å². The first-order chi connectivity index (χ1) is 5.15. The molecule has 0 aromatic carbocycles. The van der Waals surface area contributed by atoms with Crippen LogP contribution in [0.4, 0.5) is 0 Å². The summed E-state index contributed by atoms with van der Waals surface area (Å²) in [4.78, 5) is 0. The summed E-state index contributed by atoms with van der Waals surface area (Å²) >= 11 is 0. The second-order valence-electron chi connectivity index (χ2n) is 2.84. The first kappa shape index (κ1) is 8.32. The van der Waals surface area contributed by atoms with Gasteiger partial charge in [0.25, 0.3) is 0 Å². The van der Waals surface area contributed by atoms with Crippen molar-refractivity contribution < 1.29 is 9.84 Å². The smallest absolute Gasteiger partial charge is 0.147 e. The molecule has 2 heteroatoms. The van der Waals surface area contributed by atoms with Gasteiger partial charge in [0, 0.05) is 0 Å². The molecule has 1 aliphatic rings. The summed E-state index contributed by atoms with van der Waals surface area (Å²) < 4.78 is 5.27. The summed E-state index contributed by atoms with van der Waals surface area (Å²) in [6, 6.07) is 0. The molecule has 0 spiro atoms. The van der Waals surface area contributed by atoms with Gasteiger partial charge in [0.05, 0.1) is 6.10 Å². The Labute approximate surface area is 66.9 Å². The average molecular weight is 152 g/mol. The third-order valence-corrected chi connectivity index (χ3v) is 1.80. The second-order valence-corrected chi connectivity index (χ2v) is 2.84. The zero-order chi connectivity index (χ0) is 8.43. The normalized spacial score (nSPS) is 38.3. The van der Waals surface area contributed by atoms with E-state index in [0.29, 0.717) is 6.42 Å². The van der Waals surface area contributed by atoms with Gasteiger partial charge in [-0.3, -0.25) is 0 Å². The Bertz CT molecular complexity index is 202. The molecule has 1 saturated heterocycles. The highest BCUT2D eigenvalue weighted by Gasteiger charge is 2.28. The van der Waals surface area contributed by atoms with Crippen molar-refractivity contribution in [2.45, 2.75) is 31.7 Å². The van der Waals surface area contributed by atoms with E-state index in [0.717, 1.165) is 5.57 Å². The molecule has 0 amide bonds. The number of aliphatic hydroxyl groups excluding tert-OH is 1. The Morgan fingerprint density at radius 3 is 3.00 bits per heavy atom. The molecule has 0 bridgehead atoms. The molecule has 0 aliphatic carbocycles. The van der Waals surface area contributed by atoms with Gasteiger partial charge >= 0.3 is 0 Å². The van der Waals surface area contributed by atoms with Crippen LogP contribution in [-0.2, 0) is 4.74 Å². The van der Waals surface area contributed by atoms with E-state index in [-0.39, 0.29) is 6.10 Å². The fraction of sp³-hybridized carbons (Fsp3) is 0.556. The largest absolute Gasteiger partial charge is 0.385 e. The number of hydrogen-bond donors (Lipinski definition) is 1. The molecule has 1 heterocycles. The minimum atomic E-state index is -0.684. The van der Waals surface area contributed by atoms with Crippen LogP contribution < -0.4 is 0 Å². The molecular formula is C9H12O2. The Balaban J connectivity index is 2.68. The Morgan fingerprint density at radius 1 is 1.82 bits per heavy atom. The van der Waals surface area contributed by atoms with Crippen LogP contribution in [0.2, 0.25) is 0 Å². The lowest BCUT2D eigenvalue weighted by molar-refractivity contribution is -0.0543. The van der Waals surface area contributed by atoms with Crippen LogP contribution in [0, 0.1) is 12.3 Å². The maximum atomic E-state index is 9.39. The molecule has 60 valence electrons. The topological polar surface area (TPSA) is 29.5 Å². The van der Waals surface area contributed by atoms with Crippen molar-refractivity contribution in [1.29, 1.82) is 0 Å². The van der Waals surface area contributed by atoms with Crippen molar-refractivity contribution in [2.24, 2.45) is 0 Å². The number of rotatable bonds is 0. The molecule has 0 aromatic rings. The van der Waals surface area contributed by atoms with E-state index in [1.165, 1.54) is 0 Å². The molecule has 1 aliphatic heterocycles. The molecule has 3 unspecified atom stereocenters. The van der Waals surface area contributed by atoms with Crippen molar-refractivity contribution in [2.75, 3.05) is 0 Å². The first-order valence-electron chi connectivity index (χ1n) is 3.62. The highest BCUT2D eigenvalue weighted by atomic mass is 16.5. The van der Waals surface area contributed by atoms with E-state index in [4.69, 9.17) is 11.2 Å². The average Bonchev–Trinajstić information content (AvgIpc) is 1.96. The monoisotopic (exact) mass is 152 g/mol. The maximum Gasteiger partial charge on any atom is 0.147 e. The molecule has 0 saturated carbocycles. The van der Waals surface area contributed by atoms with Gasteiger partial charge in [-0.15, -0.1) is 6.42 Å². The van der Waals surface area contributed by atoms with Crippen molar-refractivity contribution in [3.05, 3.63) is 12.2 Å². The third-order valence-electron chi connectivity index (χ3n) is 1.80. The Morgan fingerprint density at radius 2 is 2.45 bits per heavy atom. The predicted octanol–water partition coefficient (Wildman–Crippen LogP) is 0.714. The predicted molar refractivity (Wildman–Crippen MR) is 42.9 cm³/mol. The number of hydrogen-bond acceptors (Lipinski definition) is 2. The maximum absolute atomic E-state index is 9.39. The number of ether oxygens (including phenoxy) is 1. The highest BCUT2D eigenvalue weighted by molar-refractivity contribution is 5.16. The van der Waals surface area contributed by atoms with Crippen LogP contribution in [0.3, 0.4) is 0 Å². The first-order valence-corrected chi connectivity index (χ1v) is 3.62. The lowest BCUT2D eigenvalue weighted by Crippen LogP contribution is -2.38. The van der Waals surface area contributed by atoms with E-state index >= 15 is 0 Å². The molecule has 3 atom stereocenters. The molecule has 2 nitrogen and oxygen atoms in total. The van der Waals surface area contributed by atoms with Crippen molar-refractivity contribution in [1.82, 2.24) is 0 Å². The lowest BCUT2D eigenvalue weighted by Gasteiger charge is -2.30. The van der Waals surface area contributed by atoms with Crippen LogP contribution in [0.1, 0.15) is 13.3 Å². The minimum Gasteiger partial charge on any atom is -0.385 e. The minimum absolute atomic E-state index is 0.0759. The molecule has 1 rings (SSSR count). The molecular weight excluding hydrogens is 140 g/mol. The van der Waals surface area contributed by atoms with Gasteiger partial charge in [-0.05, 0) is 18.9 Å². The Kier molecular flexibility index (Phi) is 2.33. The van der Waals surface area contributed by atoms with E-state index in [1.54, 1.807) is 0 Å². The number of terminal acetylenes is 1. The lowest BCUT2D eigenvalue weighted by atomic mass is 9.97. The molecule has 0 radical (unpaired) electrons. The highest BCUT2D eigenvalue weighted by Crippen LogP contribution is 2.22. The Hall–Kier alpha value is -0.780. The summed E-state index contributed by atoms with van der Waals surface area (Å²) in [5.74, 6) is 2.38. The fourth-order valence-electron chi connectivity index (χ4n) is 1.21. The van der Waals surface area contributed by atoms with Crippen LogP contribution in [0.15, 0.2) is 12.2 Å². The fourth-order valence-corrected chi connectivity index (χ4v) is 1.21. The van der Waals surface area contributed by atoms with E-state index in [1.807, 2.05) is 6.92 Å². The van der Waals surface area contributed by atoms with E-state index in [9.17, 15) is 5.11 Å². The van der Waals surface area contributed by atoms with Crippen molar-refractivity contribution in [3.63, 3.8) is 0 Å². The van der Waals surface area contributed by atoms with Gasteiger partial charge in [-0.2, -0.15) is 0 Å². The third kappa shape index (κ3) is 1.62. The summed E-state index contributed by atoms with van der Waals surface area (Å²) in [6.45, 7) is 5.64. The SMILES string of the molecule is C#CC1OC(C)CC(=C)C1O. The molecule has 0 aromatic heterocycles. The quantitative estimate of drug-likeness (QED) is 0.409. The molecule has 11 heavy (non-hydrogen) atoms. The molecule has 1 N–H and O–H groups in total. The summed E-state index contributed by atoms with van der Waals surface area (Å²) in [5.41, 5.74) is 0.770. The molecule has 1 fully saturated rings. The summed E-state index contributed by atoms with van der Waals surface area (Å²) in [5, 5.41) is 9.39. The van der Waals surface area contributed by atoms with Gasteiger partial charge < -0.3 is 9.84 Å². The number of aliphatic hydroxyl groups is 1. The van der Waals surface area contributed by atoms with Gasteiger partial charge in [0.15, 0.2) is 0 Å². The van der Waals surface area contributed by atoms with E-state index in [2.05, 4.69) is 12.5 Å². The van der Waals surface area contributed by atoms with Crippen LogP contribution in [0.5, 0.6) is 0 Å². The van der Waals surface area contributed by atoms with E-state index < -0.39 is 12.2 Å². The van der Waals surface area contributed by atoms with Gasteiger partial charge in [-0.1, -0.05) is 12.5 Å².